The molecule has 3 saturated carbocycles. The van der Waals surface area contributed by atoms with Gasteiger partial charge in [0.25, 0.3) is 0 Å². The molecule has 1 spiro atoms. The van der Waals surface area contributed by atoms with Crippen molar-refractivity contribution in [3.8, 4) is 0 Å². The zero-order chi connectivity index (χ0) is 18.6. The molecule has 2 heteroatoms. The molecule has 0 bridgehead atoms. The number of rotatable bonds is 5. The van der Waals surface area contributed by atoms with Crippen molar-refractivity contribution in [1.29, 1.82) is 0 Å². The van der Waals surface area contributed by atoms with Gasteiger partial charge in [0, 0.05) is 0 Å². The van der Waals surface area contributed by atoms with Gasteiger partial charge in [-0.15, -0.1) is 0 Å². The van der Waals surface area contributed by atoms with Gasteiger partial charge in [-0.25, -0.2) is 0 Å². The van der Waals surface area contributed by atoms with Crippen LogP contribution in [0.3, 0.4) is 0 Å². The maximum absolute atomic E-state index is 9.92. The first-order valence-electron chi connectivity index (χ1n) is 11.1. The van der Waals surface area contributed by atoms with E-state index in [1.165, 1.54) is 69.8 Å². The van der Waals surface area contributed by atoms with Crippen LogP contribution in [-0.2, 0) is 0 Å². The number of aliphatic hydroxyl groups excluding tert-OH is 1. The zero-order valence-corrected chi connectivity index (χ0v) is 17.1. The second kappa shape index (κ2) is 8.61. The number of hydrogen-bond acceptors (Lipinski definition) is 2. The van der Waals surface area contributed by atoms with Crippen molar-refractivity contribution in [2.75, 3.05) is 0 Å². The molecule has 3 aliphatic rings. The molecule has 0 unspecified atom stereocenters. The summed E-state index contributed by atoms with van der Waals surface area (Å²) in [5.74, 6) is 0.878. The Balaban J connectivity index is 1.51. The molecule has 3 fully saturated rings. The van der Waals surface area contributed by atoms with Gasteiger partial charge in [-0.2, -0.15) is 0 Å². The van der Waals surface area contributed by atoms with Crippen molar-refractivity contribution in [3.63, 3.8) is 0 Å². The van der Waals surface area contributed by atoms with Crippen LogP contribution in [0, 0.1) is 11.3 Å². The van der Waals surface area contributed by atoms with Crippen molar-refractivity contribution in [2.24, 2.45) is 11.3 Å². The predicted octanol–water partition coefficient (Wildman–Crippen LogP) is 6.08. The first-order chi connectivity index (χ1) is 12.3. The lowest BCUT2D eigenvalue weighted by atomic mass is 9.70. The fourth-order valence-electron chi connectivity index (χ4n) is 5.73. The monoisotopic (exact) mass is 360 g/mol. The molecule has 0 radical (unpaired) electrons. The average Bonchev–Trinajstić information content (AvgIpc) is 2.94. The fraction of sp³-hybridized carbons (Fsp3) is 0.833. The maximum Gasteiger partial charge on any atom is 0.0591 e. The van der Waals surface area contributed by atoms with Crippen LogP contribution < -0.4 is 0 Å². The van der Waals surface area contributed by atoms with E-state index >= 15 is 0 Å². The normalized spacial score (nSPS) is 36.3. The first-order valence-corrected chi connectivity index (χ1v) is 11.1. The summed E-state index contributed by atoms with van der Waals surface area (Å²) in [5, 5.41) is 19.8. The quantitative estimate of drug-likeness (QED) is 0.624. The minimum Gasteiger partial charge on any atom is -0.393 e. The predicted molar refractivity (Wildman–Crippen MR) is 109 cm³/mol. The maximum atomic E-state index is 9.92. The molecule has 3 aliphatic carbocycles. The molecular weight excluding hydrogens is 320 g/mol. The summed E-state index contributed by atoms with van der Waals surface area (Å²) >= 11 is 0. The van der Waals surface area contributed by atoms with Gasteiger partial charge >= 0.3 is 0 Å². The van der Waals surface area contributed by atoms with E-state index in [9.17, 15) is 10.2 Å². The summed E-state index contributed by atoms with van der Waals surface area (Å²) in [4.78, 5) is 0. The van der Waals surface area contributed by atoms with Gasteiger partial charge in [0.15, 0.2) is 0 Å². The van der Waals surface area contributed by atoms with Gasteiger partial charge in [-0.05, 0) is 102 Å². The van der Waals surface area contributed by atoms with Crippen LogP contribution in [0.15, 0.2) is 23.3 Å². The number of aliphatic hydroxyl groups is 2. The summed E-state index contributed by atoms with van der Waals surface area (Å²) in [6.07, 6.45) is 21.8. The van der Waals surface area contributed by atoms with Gasteiger partial charge in [0.05, 0.1) is 11.7 Å². The minimum atomic E-state index is -0.503. The van der Waals surface area contributed by atoms with Crippen LogP contribution >= 0.6 is 0 Å². The molecule has 2 nitrogen and oxygen atoms in total. The van der Waals surface area contributed by atoms with Crippen LogP contribution in [0.4, 0.5) is 0 Å². The Bertz CT molecular complexity index is 525. The molecule has 3 rings (SSSR count). The molecule has 148 valence electrons. The molecular formula is C24H40O2. The topological polar surface area (TPSA) is 40.5 Å². The Morgan fingerprint density at radius 1 is 1.08 bits per heavy atom. The van der Waals surface area contributed by atoms with Crippen LogP contribution in [0.1, 0.15) is 104 Å². The Kier molecular flexibility index (Phi) is 6.67. The van der Waals surface area contributed by atoms with E-state index in [2.05, 4.69) is 12.2 Å². The standard InChI is InChI=1S/C24H40O2/c1-23(2,26)13-4-7-21-12-15-24(18-21)14-5-8-20(17-24)11-10-19-6-3-9-22(25)16-19/h10-11,21-22,25-26H,3-9,12-18H2,1-2H3/b19-10-,20-11+/t21-,22-,24-/m0/s1. The van der Waals surface area contributed by atoms with Gasteiger partial charge in [0.1, 0.15) is 0 Å². The Morgan fingerprint density at radius 3 is 2.62 bits per heavy atom. The van der Waals surface area contributed by atoms with Crippen molar-refractivity contribution in [2.45, 2.75) is 115 Å². The lowest BCUT2D eigenvalue weighted by Crippen LogP contribution is -2.22. The van der Waals surface area contributed by atoms with E-state index in [1.807, 2.05) is 13.8 Å². The lowest BCUT2D eigenvalue weighted by molar-refractivity contribution is 0.0666. The summed E-state index contributed by atoms with van der Waals surface area (Å²) < 4.78 is 0. The van der Waals surface area contributed by atoms with Crippen molar-refractivity contribution in [1.82, 2.24) is 0 Å². The van der Waals surface area contributed by atoms with E-state index in [0.29, 0.717) is 5.41 Å². The number of allylic oxidation sites excluding steroid dienone is 3. The molecule has 0 amide bonds. The molecule has 0 aromatic rings. The second-order valence-corrected chi connectivity index (χ2v) is 10.2. The highest BCUT2D eigenvalue weighted by Gasteiger charge is 2.40. The summed E-state index contributed by atoms with van der Waals surface area (Å²) in [6.45, 7) is 3.86. The second-order valence-electron chi connectivity index (χ2n) is 10.2. The van der Waals surface area contributed by atoms with Crippen molar-refractivity contribution in [3.05, 3.63) is 23.3 Å². The zero-order valence-electron chi connectivity index (χ0n) is 17.1. The minimum absolute atomic E-state index is 0.106. The third-order valence-electron chi connectivity index (χ3n) is 7.10. The number of hydrogen-bond donors (Lipinski definition) is 2. The van der Waals surface area contributed by atoms with E-state index in [0.717, 1.165) is 31.6 Å². The SMILES string of the molecule is CC(C)(O)CCC[C@H]1CC[C@]2(CCC/C(=C\C=C3\CCC[C@H](O)C3)C2)C1. The first kappa shape index (κ1) is 20.1. The third-order valence-corrected chi connectivity index (χ3v) is 7.10. The molecule has 0 aliphatic heterocycles. The molecule has 0 heterocycles. The summed E-state index contributed by atoms with van der Waals surface area (Å²) in [7, 11) is 0. The molecule has 3 atom stereocenters. The van der Waals surface area contributed by atoms with Gasteiger partial charge < -0.3 is 10.2 Å². The van der Waals surface area contributed by atoms with E-state index in [-0.39, 0.29) is 6.10 Å². The Hall–Kier alpha value is -0.600. The van der Waals surface area contributed by atoms with Crippen LogP contribution in [0.25, 0.3) is 0 Å². The Morgan fingerprint density at radius 2 is 1.85 bits per heavy atom. The Labute approximate surface area is 160 Å². The lowest BCUT2D eigenvalue weighted by Gasteiger charge is -2.35. The van der Waals surface area contributed by atoms with E-state index < -0.39 is 5.60 Å². The van der Waals surface area contributed by atoms with Crippen LogP contribution in [0.2, 0.25) is 0 Å². The summed E-state index contributed by atoms with van der Waals surface area (Å²) in [5.41, 5.74) is 3.18. The fourth-order valence-corrected chi connectivity index (χ4v) is 5.73. The van der Waals surface area contributed by atoms with Crippen LogP contribution in [0.5, 0.6) is 0 Å². The van der Waals surface area contributed by atoms with Crippen molar-refractivity contribution < 1.29 is 10.2 Å². The molecule has 0 aromatic carbocycles. The average molecular weight is 361 g/mol. The highest BCUT2D eigenvalue weighted by atomic mass is 16.3. The van der Waals surface area contributed by atoms with E-state index in [4.69, 9.17) is 0 Å². The third kappa shape index (κ3) is 5.96. The van der Waals surface area contributed by atoms with Gasteiger partial charge in [-0.3, -0.25) is 0 Å². The highest BCUT2D eigenvalue weighted by Crippen LogP contribution is 2.53. The molecule has 0 aromatic heterocycles. The van der Waals surface area contributed by atoms with Crippen LogP contribution in [-0.4, -0.2) is 21.9 Å². The smallest absolute Gasteiger partial charge is 0.0591 e. The molecule has 0 saturated heterocycles. The summed E-state index contributed by atoms with van der Waals surface area (Å²) in [6, 6.07) is 0. The molecule has 2 N–H and O–H groups in total. The van der Waals surface area contributed by atoms with Gasteiger partial charge in [-0.1, -0.05) is 36.1 Å². The van der Waals surface area contributed by atoms with Crippen molar-refractivity contribution >= 4 is 0 Å². The van der Waals surface area contributed by atoms with E-state index in [1.54, 1.807) is 5.57 Å². The highest BCUT2D eigenvalue weighted by molar-refractivity contribution is 5.22. The largest absolute Gasteiger partial charge is 0.393 e. The van der Waals surface area contributed by atoms with Gasteiger partial charge in [0.2, 0.25) is 0 Å². The molecule has 26 heavy (non-hydrogen) atoms.